The lowest BCUT2D eigenvalue weighted by Crippen LogP contribution is -2.62. The number of aliphatic carboxylic acids is 2. The zero-order chi connectivity index (χ0) is 23.7. The standard InChI is InChI=1S/C17H17F6NO6/c1-14(2,3)30-13(29)24-9-6-4-8(5-7-9)15(16(18,19)20,17(21,22)23)10(11(25)26)12(27)28/h4-7,10H,1-3H3,(H,24,29)(H,25,26)(H,27,28). The van der Waals surface area contributed by atoms with Crippen LogP contribution in [-0.4, -0.2) is 46.2 Å². The monoisotopic (exact) mass is 445 g/mol. The van der Waals surface area contributed by atoms with Crippen LogP contribution in [0.25, 0.3) is 0 Å². The number of halogens is 6. The quantitative estimate of drug-likeness (QED) is 0.463. The Morgan fingerprint density at radius 2 is 1.27 bits per heavy atom. The van der Waals surface area contributed by atoms with Crippen LogP contribution in [-0.2, 0) is 19.7 Å². The fraction of sp³-hybridized carbons (Fsp3) is 0.471. The molecule has 1 amide bonds. The summed E-state index contributed by atoms with van der Waals surface area (Å²) in [6.45, 7) is 4.53. The van der Waals surface area contributed by atoms with Crippen LogP contribution in [0.5, 0.6) is 0 Å². The molecule has 0 spiro atoms. The van der Waals surface area contributed by atoms with Crippen molar-refractivity contribution in [2.45, 2.75) is 44.1 Å². The van der Waals surface area contributed by atoms with Gasteiger partial charge in [0.2, 0.25) is 5.41 Å². The third-order valence-electron chi connectivity index (χ3n) is 3.81. The number of carboxylic acid groups (broad SMARTS) is 2. The molecule has 1 aromatic rings. The molecule has 3 N–H and O–H groups in total. The largest absolute Gasteiger partial charge is 0.481 e. The first-order chi connectivity index (χ1) is 13.3. The average Bonchev–Trinajstić information content (AvgIpc) is 2.48. The molecule has 0 aromatic heterocycles. The van der Waals surface area contributed by atoms with Gasteiger partial charge in [-0.25, -0.2) is 4.79 Å². The summed E-state index contributed by atoms with van der Waals surface area (Å²) in [7, 11) is 0. The van der Waals surface area contributed by atoms with Crippen LogP contribution in [0.15, 0.2) is 24.3 Å². The lowest BCUT2D eigenvalue weighted by atomic mass is 9.68. The minimum Gasteiger partial charge on any atom is -0.481 e. The maximum absolute atomic E-state index is 13.7. The highest BCUT2D eigenvalue weighted by atomic mass is 19.4. The van der Waals surface area contributed by atoms with E-state index in [1.165, 1.54) is 20.8 Å². The van der Waals surface area contributed by atoms with Crippen molar-refractivity contribution < 1.29 is 55.7 Å². The molecule has 1 aromatic carbocycles. The summed E-state index contributed by atoms with van der Waals surface area (Å²) in [6, 6.07) is 1.75. The van der Waals surface area contributed by atoms with Crippen LogP contribution in [0.1, 0.15) is 26.3 Å². The van der Waals surface area contributed by atoms with E-state index in [1.807, 2.05) is 0 Å². The number of carbonyl (C=O) groups excluding carboxylic acids is 1. The van der Waals surface area contributed by atoms with Crippen molar-refractivity contribution in [3.05, 3.63) is 29.8 Å². The molecular weight excluding hydrogens is 428 g/mol. The summed E-state index contributed by atoms with van der Waals surface area (Å²) in [5, 5.41) is 19.9. The molecule has 30 heavy (non-hydrogen) atoms. The van der Waals surface area contributed by atoms with Gasteiger partial charge in [-0.1, -0.05) is 12.1 Å². The van der Waals surface area contributed by atoms with E-state index in [0.29, 0.717) is 12.1 Å². The molecule has 0 saturated heterocycles. The Kier molecular flexibility index (Phi) is 6.70. The molecule has 0 bridgehead atoms. The second-order valence-electron chi connectivity index (χ2n) is 7.12. The molecule has 7 nitrogen and oxygen atoms in total. The number of amides is 1. The van der Waals surface area contributed by atoms with Crippen molar-refractivity contribution in [1.29, 1.82) is 0 Å². The normalized spacial score (nSPS) is 13.1. The summed E-state index contributed by atoms with van der Waals surface area (Å²) in [6.07, 6.45) is -13.7. The molecule has 0 heterocycles. The van der Waals surface area contributed by atoms with E-state index in [9.17, 15) is 40.7 Å². The lowest BCUT2D eigenvalue weighted by Gasteiger charge is -2.40. The second kappa shape index (κ2) is 8.03. The molecule has 0 aliphatic heterocycles. The number of ether oxygens (including phenoxy) is 1. The van der Waals surface area contributed by atoms with Gasteiger partial charge in [0.05, 0.1) is 0 Å². The molecule has 168 valence electrons. The first kappa shape index (κ1) is 25.0. The minimum absolute atomic E-state index is 0.243. The van der Waals surface area contributed by atoms with Crippen LogP contribution in [0.3, 0.4) is 0 Å². The Morgan fingerprint density at radius 1 is 0.867 bits per heavy atom. The van der Waals surface area contributed by atoms with Crippen molar-refractivity contribution in [3.8, 4) is 0 Å². The van der Waals surface area contributed by atoms with Gasteiger partial charge < -0.3 is 14.9 Å². The van der Waals surface area contributed by atoms with Gasteiger partial charge >= 0.3 is 30.4 Å². The minimum atomic E-state index is -6.34. The van der Waals surface area contributed by atoms with Gasteiger partial charge in [0.15, 0.2) is 5.92 Å². The number of anilines is 1. The van der Waals surface area contributed by atoms with E-state index in [0.717, 1.165) is 0 Å². The molecule has 13 heteroatoms. The van der Waals surface area contributed by atoms with Crippen LogP contribution in [0, 0.1) is 5.92 Å². The van der Waals surface area contributed by atoms with Crippen molar-refractivity contribution in [3.63, 3.8) is 0 Å². The molecule has 0 aliphatic rings. The highest BCUT2D eigenvalue weighted by Gasteiger charge is 2.78. The Hall–Kier alpha value is -2.99. The molecular formula is C17H17F6NO6. The first-order valence-corrected chi connectivity index (χ1v) is 8.04. The van der Waals surface area contributed by atoms with Crippen molar-refractivity contribution in [2.75, 3.05) is 5.32 Å². The Morgan fingerprint density at radius 3 is 1.57 bits per heavy atom. The third-order valence-corrected chi connectivity index (χ3v) is 3.81. The number of nitrogens with one attached hydrogen (secondary N) is 1. The van der Waals surface area contributed by atoms with E-state index >= 15 is 0 Å². The Balaban J connectivity index is 3.59. The van der Waals surface area contributed by atoms with Gasteiger partial charge in [0, 0.05) is 5.69 Å². The summed E-state index contributed by atoms with van der Waals surface area (Å²) >= 11 is 0. The van der Waals surface area contributed by atoms with Gasteiger partial charge in [0.1, 0.15) is 5.60 Å². The van der Waals surface area contributed by atoms with Crippen molar-refractivity contribution in [1.82, 2.24) is 0 Å². The average molecular weight is 445 g/mol. The molecule has 0 aliphatic carbocycles. The highest BCUT2D eigenvalue weighted by Crippen LogP contribution is 2.56. The predicted molar refractivity (Wildman–Crippen MR) is 88.8 cm³/mol. The van der Waals surface area contributed by atoms with E-state index in [1.54, 1.807) is 0 Å². The number of carboxylic acids is 2. The number of hydrogen-bond acceptors (Lipinski definition) is 4. The second-order valence-corrected chi connectivity index (χ2v) is 7.12. The lowest BCUT2D eigenvalue weighted by molar-refractivity contribution is -0.316. The summed E-state index contributed by atoms with van der Waals surface area (Å²) in [4.78, 5) is 34.0. The third kappa shape index (κ3) is 4.94. The maximum atomic E-state index is 13.7. The first-order valence-electron chi connectivity index (χ1n) is 8.04. The fourth-order valence-electron chi connectivity index (χ4n) is 2.70. The van der Waals surface area contributed by atoms with E-state index in [2.05, 4.69) is 5.32 Å². The molecule has 0 atom stereocenters. The maximum Gasteiger partial charge on any atom is 0.412 e. The Bertz CT molecular complexity index is 782. The number of hydrogen-bond donors (Lipinski definition) is 3. The summed E-state index contributed by atoms with van der Waals surface area (Å²) < 4.78 is 87.0. The number of benzene rings is 1. The van der Waals surface area contributed by atoms with Gasteiger partial charge in [-0.2, -0.15) is 26.3 Å². The van der Waals surface area contributed by atoms with Crippen LogP contribution >= 0.6 is 0 Å². The van der Waals surface area contributed by atoms with Gasteiger partial charge in [-0.3, -0.25) is 14.9 Å². The number of carbonyl (C=O) groups is 3. The van der Waals surface area contributed by atoms with E-state index in [4.69, 9.17) is 14.9 Å². The molecule has 0 fully saturated rings. The van der Waals surface area contributed by atoms with Crippen molar-refractivity contribution >= 4 is 23.7 Å². The molecule has 1 rings (SSSR count). The fourth-order valence-corrected chi connectivity index (χ4v) is 2.70. The van der Waals surface area contributed by atoms with Gasteiger partial charge in [-0.15, -0.1) is 0 Å². The SMILES string of the molecule is CC(C)(C)OC(=O)Nc1ccc(C(C(C(=O)O)C(=O)O)(C(F)(F)F)C(F)(F)F)cc1. The zero-order valence-electron chi connectivity index (χ0n) is 15.7. The van der Waals surface area contributed by atoms with Crippen LogP contribution in [0.4, 0.5) is 36.8 Å². The zero-order valence-corrected chi connectivity index (χ0v) is 15.7. The summed E-state index contributed by atoms with van der Waals surface area (Å²) in [5.74, 6) is -9.57. The van der Waals surface area contributed by atoms with E-state index in [-0.39, 0.29) is 17.8 Å². The topological polar surface area (TPSA) is 113 Å². The van der Waals surface area contributed by atoms with Gasteiger partial charge in [-0.05, 0) is 38.5 Å². The molecule has 0 radical (unpaired) electrons. The van der Waals surface area contributed by atoms with Crippen molar-refractivity contribution in [2.24, 2.45) is 5.92 Å². The van der Waals surface area contributed by atoms with Crippen LogP contribution < -0.4 is 5.32 Å². The molecule has 0 unspecified atom stereocenters. The highest BCUT2D eigenvalue weighted by molar-refractivity contribution is 5.95. The molecule has 0 saturated carbocycles. The Labute approximate surface area is 165 Å². The summed E-state index contributed by atoms with van der Waals surface area (Å²) in [5.41, 5.74) is -8.13. The smallest absolute Gasteiger partial charge is 0.412 e. The number of rotatable bonds is 5. The number of alkyl halides is 6. The van der Waals surface area contributed by atoms with Gasteiger partial charge in [0.25, 0.3) is 0 Å². The van der Waals surface area contributed by atoms with E-state index < -0.39 is 52.9 Å². The predicted octanol–water partition coefficient (Wildman–Crippen LogP) is 4.18. The van der Waals surface area contributed by atoms with Crippen LogP contribution in [0.2, 0.25) is 0 Å².